The monoisotopic (exact) mass is 358 g/mol. The quantitative estimate of drug-likeness (QED) is 0.767. The maximum Gasteiger partial charge on any atom is 0.321 e. The third-order valence-corrected chi connectivity index (χ3v) is 4.85. The first kappa shape index (κ1) is 17.1. The van der Waals surface area contributed by atoms with Crippen molar-refractivity contribution in [3.63, 3.8) is 0 Å². The van der Waals surface area contributed by atoms with Crippen molar-refractivity contribution >= 4 is 17.4 Å². The number of nitrogens with zero attached hydrogens (tertiary/aromatic N) is 3. The van der Waals surface area contributed by atoms with Gasteiger partial charge < -0.3 is 15.1 Å². The Hall–Kier alpha value is -3.34. The summed E-state index contributed by atoms with van der Waals surface area (Å²) in [5.41, 5.74) is 4.11. The molecule has 136 valence electrons. The van der Waals surface area contributed by atoms with Crippen LogP contribution in [-0.4, -0.2) is 42.1 Å². The maximum atomic E-state index is 12.8. The fraction of sp³-hybridized carbons (Fsp3) is 0.182. The van der Waals surface area contributed by atoms with Crippen molar-refractivity contribution < 1.29 is 4.79 Å². The zero-order valence-corrected chi connectivity index (χ0v) is 15.1. The Morgan fingerprint density at radius 3 is 2.22 bits per heavy atom. The molecule has 5 nitrogen and oxygen atoms in total. The van der Waals surface area contributed by atoms with Crippen LogP contribution in [0.2, 0.25) is 0 Å². The number of urea groups is 1. The van der Waals surface area contributed by atoms with E-state index in [4.69, 9.17) is 0 Å². The zero-order valence-electron chi connectivity index (χ0n) is 15.1. The molecule has 1 aliphatic rings. The Morgan fingerprint density at radius 2 is 1.48 bits per heavy atom. The van der Waals surface area contributed by atoms with E-state index in [1.54, 1.807) is 12.4 Å². The number of carbonyl (C=O) groups is 1. The minimum absolute atomic E-state index is 0.0484. The standard InChI is InChI=1S/C22H22N4O/c27-22(26-16-14-25(15-17-26)19-10-12-23-13-11-19)24-21-9-5-4-8-20(21)18-6-2-1-3-7-18/h1-13H,14-17H2,(H,24,27). The molecule has 1 N–H and O–H groups in total. The lowest BCUT2D eigenvalue weighted by molar-refractivity contribution is 0.208. The third kappa shape index (κ3) is 3.92. The van der Waals surface area contributed by atoms with Crippen LogP contribution in [0.4, 0.5) is 16.2 Å². The predicted molar refractivity (Wildman–Crippen MR) is 109 cm³/mol. The van der Waals surface area contributed by atoms with Crippen LogP contribution >= 0.6 is 0 Å². The molecule has 1 aliphatic heterocycles. The number of pyridine rings is 1. The molecule has 0 aliphatic carbocycles. The van der Waals surface area contributed by atoms with Crippen LogP contribution in [0.15, 0.2) is 79.1 Å². The van der Waals surface area contributed by atoms with E-state index in [2.05, 4.69) is 27.3 Å². The molecule has 0 unspecified atom stereocenters. The van der Waals surface area contributed by atoms with Gasteiger partial charge >= 0.3 is 6.03 Å². The van der Waals surface area contributed by atoms with Crippen LogP contribution < -0.4 is 10.2 Å². The van der Waals surface area contributed by atoms with Gasteiger partial charge in [-0.3, -0.25) is 4.98 Å². The molecule has 5 heteroatoms. The summed E-state index contributed by atoms with van der Waals surface area (Å²) in [5, 5.41) is 3.09. The van der Waals surface area contributed by atoms with Gasteiger partial charge in [-0.05, 0) is 23.8 Å². The number of nitrogens with one attached hydrogen (secondary N) is 1. The Bertz CT molecular complexity index is 890. The molecule has 1 saturated heterocycles. The minimum Gasteiger partial charge on any atom is -0.368 e. The SMILES string of the molecule is O=C(Nc1ccccc1-c1ccccc1)N1CCN(c2ccncc2)CC1. The molecule has 1 fully saturated rings. The van der Waals surface area contributed by atoms with Crippen molar-refractivity contribution in [1.82, 2.24) is 9.88 Å². The van der Waals surface area contributed by atoms with E-state index in [9.17, 15) is 4.79 Å². The van der Waals surface area contributed by atoms with Crippen LogP contribution in [-0.2, 0) is 0 Å². The molecule has 0 bridgehead atoms. The average Bonchev–Trinajstić information content (AvgIpc) is 2.75. The second-order valence-electron chi connectivity index (χ2n) is 6.52. The van der Waals surface area contributed by atoms with E-state index in [1.807, 2.05) is 59.5 Å². The molecule has 3 aromatic rings. The number of amides is 2. The molecule has 0 atom stereocenters. The molecular formula is C22H22N4O. The Labute approximate surface area is 159 Å². The highest BCUT2D eigenvalue weighted by molar-refractivity contribution is 5.94. The highest BCUT2D eigenvalue weighted by Crippen LogP contribution is 2.28. The normalized spacial score (nSPS) is 14.1. The van der Waals surface area contributed by atoms with Crippen LogP contribution in [0.1, 0.15) is 0 Å². The molecule has 4 rings (SSSR count). The summed E-state index contributed by atoms with van der Waals surface area (Å²) >= 11 is 0. The number of para-hydroxylation sites is 1. The van der Waals surface area contributed by atoms with E-state index in [-0.39, 0.29) is 6.03 Å². The third-order valence-electron chi connectivity index (χ3n) is 4.85. The highest BCUT2D eigenvalue weighted by atomic mass is 16.2. The van der Waals surface area contributed by atoms with Crippen molar-refractivity contribution in [1.29, 1.82) is 0 Å². The van der Waals surface area contributed by atoms with Gasteiger partial charge in [0, 0.05) is 49.8 Å². The summed E-state index contributed by atoms with van der Waals surface area (Å²) in [4.78, 5) is 21.0. The molecule has 2 heterocycles. The van der Waals surface area contributed by atoms with Crippen molar-refractivity contribution in [2.75, 3.05) is 36.4 Å². The number of rotatable bonds is 3. The second kappa shape index (κ2) is 7.91. The molecule has 0 saturated carbocycles. The van der Waals surface area contributed by atoms with Gasteiger partial charge in [0.15, 0.2) is 0 Å². The number of anilines is 2. The topological polar surface area (TPSA) is 48.5 Å². The predicted octanol–water partition coefficient (Wildman–Crippen LogP) is 4.10. The molecule has 0 radical (unpaired) electrons. The summed E-state index contributed by atoms with van der Waals surface area (Å²) < 4.78 is 0. The van der Waals surface area contributed by atoms with Gasteiger partial charge in [-0.2, -0.15) is 0 Å². The fourth-order valence-corrected chi connectivity index (χ4v) is 3.38. The second-order valence-corrected chi connectivity index (χ2v) is 6.52. The fourth-order valence-electron chi connectivity index (χ4n) is 3.38. The smallest absolute Gasteiger partial charge is 0.321 e. The van der Waals surface area contributed by atoms with Gasteiger partial charge in [-0.25, -0.2) is 4.79 Å². The molecular weight excluding hydrogens is 336 g/mol. The van der Waals surface area contributed by atoms with Crippen LogP contribution in [0.3, 0.4) is 0 Å². The Kier molecular flexibility index (Phi) is 5.01. The lowest BCUT2D eigenvalue weighted by atomic mass is 10.0. The summed E-state index contributed by atoms with van der Waals surface area (Å²) in [5.74, 6) is 0. The van der Waals surface area contributed by atoms with Gasteiger partial charge in [-0.15, -0.1) is 0 Å². The summed E-state index contributed by atoms with van der Waals surface area (Å²) in [6.07, 6.45) is 3.60. The van der Waals surface area contributed by atoms with E-state index in [0.29, 0.717) is 13.1 Å². The number of piperazine rings is 1. The first-order chi connectivity index (χ1) is 13.3. The zero-order chi connectivity index (χ0) is 18.5. The van der Waals surface area contributed by atoms with Gasteiger partial charge in [0.2, 0.25) is 0 Å². The number of hydrogen-bond donors (Lipinski definition) is 1. The van der Waals surface area contributed by atoms with Crippen molar-refractivity contribution in [2.45, 2.75) is 0 Å². The van der Waals surface area contributed by atoms with E-state index in [1.165, 1.54) is 0 Å². The van der Waals surface area contributed by atoms with Crippen LogP contribution in [0.25, 0.3) is 11.1 Å². The van der Waals surface area contributed by atoms with Crippen LogP contribution in [0.5, 0.6) is 0 Å². The number of hydrogen-bond acceptors (Lipinski definition) is 3. The van der Waals surface area contributed by atoms with E-state index >= 15 is 0 Å². The van der Waals surface area contributed by atoms with Gasteiger partial charge in [0.25, 0.3) is 0 Å². The van der Waals surface area contributed by atoms with Gasteiger partial charge in [0.05, 0.1) is 5.69 Å². The Morgan fingerprint density at radius 1 is 0.815 bits per heavy atom. The first-order valence-corrected chi connectivity index (χ1v) is 9.16. The highest BCUT2D eigenvalue weighted by Gasteiger charge is 2.22. The average molecular weight is 358 g/mol. The number of benzene rings is 2. The number of carbonyl (C=O) groups excluding carboxylic acids is 1. The van der Waals surface area contributed by atoms with Gasteiger partial charge in [-0.1, -0.05) is 48.5 Å². The molecule has 27 heavy (non-hydrogen) atoms. The summed E-state index contributed by atoms with van der Waals surface area (Å²) in [6, 6.07) is 22.0. The van der Waals surface area contributed by atoms with Crippen molar-refractivity contribution in [3.05, 3.63) is 79.1 Å². The van der Waals surface area contributed by atoms with Crippen LogP contribution in [0, 0.1) is 0 Å². The Balaban J connectivity index is 1.42. The number of aromatic nitrogens is 1. The molecule has 0 spiro atoms. The van der Waals surface area contributed by atoms with Crippen molar-refractivity contribution in [3.8, 4) is 11.1 Å². The van der Waals surface area contributed by atoms with Crippen molar-refractivity contribution in [2.24, 2.45) is 0 Å². The van der Waals surface area contributed by atoms with E-state index < -0.39 is 0 Å². The summed E-state index contributed by atoms with van der Waals surface area (Å²) in [7, 11) is 0. The van der Waals surface area contributed by atoms with Gasteiger partial charge in [0.1, 0.15) is 0 Å². The molecule has 2 amide bonds. The summed E-state index contributed by atoms with van der Waals surface area (Å²) in [6.45, 7) is 3.03. The van der Waals surface area contributed by atoms with E-state index in [0.717, 1.165) is 35.6 Å². The minimum atomic E-state index is -0.0484. The largest absolute Gasteiger partial charge is 0.368 e. The molecule has 1 aromatic heterocycles. The lowest BCUT2D eigenvalue weighted by Crippen LogP contribution is -2.50. The molecule has 2 aromatic carbocycles. The maximum absolute atomic E-state index is 12.8. The first-order valence-electron chi connectivity index (χ1n) is 9.16. The lowest BCUT2D eigenvalue weighted by Gasteiger charge is -2.36.